The summed E-state index contributed by atoms with van der Waals surface area (Å²) < 4.78 is 0. The smallest absolute Gasteiger partial charge is 0.264 e. The minimum atomic E-state index is 0.276. The fourth-order valence-electron chi connectivity index (χ4n) is 3.27. The van der Waals surface area contributed by atoms with E-state index in [1.807, 2.05) is 0 Å². The molecule has 1 N–H and O–H groups in total. The number of amides is 1. The van der Waals surface area contributed by atoms with Crippen molar-refractivity contribution in [3.05, 3.63) is 21.4 Å². The highest BCUT2D eigenvalue weighted by Crippen LogP contribution is 2.29. The molecule has 110 valence electrons. The first-order valence-electron chi connectivity index (χ1n) is 7.96. The van der Waals surface area contributed by atoms with Crippen LogP contribution in [0.1, 0.15) is 45.8 Å². The van der Waals surface area contributed by atoms with E-state index in [1.54, 1.807) is 16.2 Å². The molecule has 4 heteroatoms. The van der Waals surface area contributed by atoms with Crippen molar-refractivity contribution < 1.29 is 9.69 Å². The van der Waals surface area contributed by atoms with Crippen LogP contribution in [0.15, 0.2) is 6.07 Å². The van der Waals surface area contributed by atoms with Crippen molar-refractivity contribution in [3.63, 3.8) is 0 Å². The van der Waals surface area contributed by atoms with Crippen LogP contribution in [0.4, 0.5) is 0 Å². The maximum absolute atomic E-state index is 12.7. The van der Waals surface area contributed by atoms with Gasteiger partial charge in [0.2, 0.25) is 0 Å². The van der Waals surface area contributed by atoms with Crippen LogP contribution in [0.25, 0.3) is 0 Å². The third-order valence-electron chi connectivity index (χ3n) is 4.58. The molecule has 0 saturated carbocycles. The summed E-state index contributed by atoms with van der Waals surface area (Å²) in [4.78, 5) is 18.8. The van der Waals surface area contributed by atoms with E-state index in [-0.39, 0.29) is 5.91 Å². The molecule has 20 heavy (non-hydrogen) atoms. The number of hydrogen-bond donors (Lipinski definition) is 1. The first-order chi connectivity index (χ1) is 9.74. The number of rotatable bonds is 1. The molecule has 1 atom stereocenters. The van der Waals surface area contributed by atoms with Crippen molar-refractivity contribution in [1.82, 2.24) is 4.90 Å². The number of carbonyl (C=O) groups is 1. The third kappa shape index (κ3) is 3.07. The lowest BCUT2D eigenvalue weighted by molar-refractivity contribution is -0.877. The van der Waals surface area contributed by atoms with Gasteiger partial charge in [-0.1, -0.05) is 6.42 Å². The van der Waals surface area contributed by atoms with Gasteiger partial charge in [0.15, 0.2) is 0 Å². The average Bonchev–Trinajstić information content (AvgIpc) is 2.61. The Hall–Kier alpha value is -0.870. The Labute approximate surface area is 125 Å². The minimum Gasteiger partial charge on any atom is -0.336 e. The van der Waals surface area contributed by atoms with Crippen LogP contribution in [-0.2, 0) is 12.8 Å². The molecule has 1 aromatic heterocycles. The summed E-state index contributed by atoms with van der Waals surface area (Å²) in [6.45, 7) is 4.10. The normalized spacial score (nSPS) is 23.9. The first kappa shape index (κ1) is 14.1. The number of carbonyl (C=O) groups excluding carboxylic acids is 1. The van der Waals surface area contributed by atoms with E-state index in [0.29, 0.717) is 0 Å². The lowest BCUT2D eigenvalue weighted by Gasteiger charge is -2.18. The van der Waals surface area contributed by atoms with Crippen LogP contribution >= 0.6 is 11.3 Å². The zero-order chi connectivity index (χ0) is 13.9. The van der Waals surface area contributed by atoms with Gasteiger partial charge in [-0.25, -0.2) is 0 Å². The molecule has 2 aliphatic rings. The molecule has 0 radical (unpaired) electrons. The van der Waals surface area contributed by atoms with Crippen LogP contribution in [0.2, 0.25) is 0 Å². The number of fused-ring (bicyclic) bond motifs is 1. The molecule has 0 aromatic carbocycles. The molecular formula is C16H25N2OS+. The Morgan fingerprint density at radius 3 is 2.90 bits per heavy atom. The van der Waals surface area contributed by atoms with Gasteiger partial charge < -0.3 is 9.80 Å². The molecule has 0 spiro atoms. The maximum atomic E-state index is 12.7. The molecule has 3 nitrogen and oxygen atoms in total. The Morgan fingerprint density at radius 1 is 1.15 bits per heavy atom. The van der Waals surface area contributed by atoms with Crippen molar-refractivity contribution >= 4 is 17.2 Å². The largest absolute Gasteiger partial charge is 0.336 e. The van der Waals surface area contributed by atoms with Gasteiger partial charge in [-0.05, 0) is 37.3 Å². The summed E-state index contributed by atoms with van der Waals surface area (Å²) in [6.07, 6.45) is 7.40. The highest BCUT2D eigenvalue weighted by Gasteiger charge is 2.23. The van der Waals surface area contributed by atoms with Crippen LogP contribution < -0.4 is 4.90 Å². The van der Waals surface area contributed by atoms with Gasteiger partial charge in [-0.2, -0.15) is 0 Å². The summed E-state index contributed by atoms with van der Waals surface area (Å²) in [5.41, 5.74) is 1.45. The quantitative estimate of drug-likeness (QED) is 0.778. The molecule has 1 aliphatic heterocycles. The molecule has 1 aliphatic carbocycles. The fraction of sp³-hybridized carbons (Fsp3) is 0.688. The van der Waals surface area contributed by atoms with Crippen LogP contribution in [0, 0.1) is 0 Å². The zero-order valence-corrected chi connectivity index (χ0v) is 13.2. The second-order valence-electron chi connectivity index (χ2n) is 6.22. The summed E-state index contributed by atoms with van der Waals surface area (Å²) >= 11 is 1.76. The highest BCUT2D eigenvalue weighted by atomic mass is 32.1. The predicted octanol–water partition coefficient (Wildman–Crippen LogP) is 1.38. The molecule has 1 unspecified atom stereocenters. The van der Waals surface area contributed by atoms with Gasteiger partial charge in [0.05, 0.1) is 31.6 Å². The fourth-order valence-corrected chi connectivity index (χ4v) is 4.49. The summed E-state index contributed by atoms with van der Waals surface area (Å²) in [5.74, 6) is 0.276. The van der Waals surface area contributed by atoms with Crippen molar-refractivity contribution in [3.8, 4) is 0 Å². The van der Waals surface area contributed by atoms with Gasteiger partial charge in [0.25, 0.3) is 5.91 Å². The topological polar surface area (TPSA) is 24.8 Å². The number of nitrogens with zero attached hydrogens (tertiary/aromatic N) is 1. The molecule has 1 amide bonds. The number of aryl methyl sites for hydroxylation is 2. The molecule has 0 bridgehead atoms. The van der Waals surface area contributed by atoms with Gasteiger partial charge in [0.1, 0.15) is 0 Å². The van der Waals surface area contributed by atoms with Crippen molar-refractivity contribution in [2.75, 3.05) is 33.2 Å². The Balaban J connectivity index is 1.73. The minimum absolute atomic E-state index is 0.276. The molecule has 3 rings (SSSR count). The second-order valence-corrected chi connectivity index (χ2v) is 7.36. The van der Waals surface area contributed by atoms with Gasteiger partial charge in [0, 0.05) is 17.8 Å². The van der Waals surface area contributed by atoms with E-state index in [9.17, 15) is 4.79 Å². The average molecular weight is 293 g/mol. The van der Waals surface area contributed by atoms with E-state index in [4.69, 9.17) is 0 Å². The summed E-state index contributed by atoms with van der Waals surface area (Å²) in [5, 5.41) is 0. The summed E-state index contributed by atoms with van der Waals surface area (Å²) in [7, 11) is 2.22. The summed E-state index contributed by atoms with van der Waals surface area (Å²) in [6, 6.07) is 2.19. The Bertz CT molecular complexity index is 459. The number of thiophene rings is 1. The third-order valence-corrected chi connectivity index (χ3v) is 5.81. The highest BCUT2D eigenvalue weighted by molar-refractivity contribution is 7.14. The SMILES string of the molecule is C[NH+]1CCCN(C(=O)c2cc3c(s2)CCCCC3)CC1. The molecular weight excluding hydrogens is 268 g/mol. The van der Waals surface area contributed by atoms with Crippen molar-refractivity contribution in [2.24, 2.45) is 0 Å². The lowest BCUT2D eigenvalue weighted by Crippen LogP contribution is -3.09. The van der Waals surface area contributed by atoms with Crippen LogP contribution in [0.5, 0.6) is 0 Å². The molecule has 2 heterocycles. The Kier molecular flexibility index (Phi) is 4.41. The van der Waals surface area contributed by atoms with Gasteiger partial charge in [-0.3, -0.25) is 4.79 Å². The number of likely N-dealkylation sites (N-methyl/N-ethyl adjacent to an activating group) is 1. The predicted molar refractivity (Wildman–Crippen MR) is 82.7 cm³/mol. The van der Waals surface area contributed by atoms with E-state index in [1.165, 1.54) is 49.1 Å². The second kappa shape index (κ2) is 6.27. The Morgan fingerprint density at radius 2 is 2.00 bits per heavy atom. The van der Waals surface area contributed by atoms with Crippen LogP contribution in [0.3, 0.4) is 0 Å². The van der Waals surface area contributed by atoms with E-state index in [2.05, 4.69) is 18.0 Å². The number of quaternary nitrogens is 1. The lowest BCUT2D eigenvalue weighted by atomic mass is 10.1. The van der Waals surface area contributed by atoms with Gasteiger partial charge >= 0.3 is 0 Å². The van der Waals surface area contributed by atoms with Crippen molar-refractivity contribution in [2.45, 2.75) is 38.5 Å². The molecule has 1 saturated heterocycles. The van der Waals surface area contributed by atoms with Gasteiger partial charge in [-0.15, -0.1) is 11.3 Å². The van der Waals surface area contributed by atoms with Crippen molar-refractivity contribution in [1.29, 1.82) is 0 Å². The first-order valence-corrected chi connectivity index (χ1v) is 8.78. The van der Waals surface area contributed by atoms with E-state index >= 15 is 0 Å². The monoisotopic (exact) mass is 293 g/mol. The van der Waals surface area contributed by atoms with E-state index in [0.717, 1.165) is 30.9 Å². The number of hydrogen-bond acceptors (Lipinski definition) is 2. The zero-order valence-electron chi connectivity index (χ0n) is 12.4. The van der Waals surface area contributed by atoms with Crippen LogP contribution in [-0.4, -0.2) is 44.0 Å². The molecule has 1 fully saturated rings. The maximum Gasteiger partial charge on any atom is 0.264 e. The van der Waals surface area contributed by atoms with E-state index < -0.39 is 0 Å². The number of nitrogens with one attached hydrogen (secondary N) is 1. The molecule has 1 aromatic rings. The standard InChI is InChI=1S/C16H24N2OS/c1-17-8-5-9-18(11-10-17)16(19)15-12-13-6-3-2-4-7-14(13)20-15/h12H,2-11H2,1H3/p+1.